The Hall–Kier alpha value is 0.300. The number of carbonyl (C=O) groups excluding carboxylic acids is 2. The van der Waals surface area contributed by atoms with Crippen molar-refractivity contribution in [3.05, 3.63) is 0 Å². The van der Waals surface area contributed by atoms with E-state index in [0.29, 0.717) is 29.5 Å². The highest BCUT2D eigenvalue weighted by molar-refractivity contribution is 9.10. The lowest BCUT2D eigenvalue weighted by Crippen LogP contribution is -2.61. The minimum atomic E-state index is -0.295. The molecule has 4 heteroatoms. The molecule has 23 heavy (non-hydrogen) atoms. The monoisotopic (exact) mass is 444 g/mol. The van der Waals surface area contributed by atoms with E-state index in [9.17, 15) is 9.59 Å². The fourth-order valence-electron chi connectivity index (χ4n) is 6.94. The fourth-order valence-corrected chi connectivity index (χ4v) is 9.50. The Balaban J connectivity index is 1.73. The number of hydrogen-bond donors (Lipinski definition) is 0. The van der Waals surface area contributed by atoms with E-state index in [4.69, 9.17) is 0 Å². The van der Waals surface area contributed by atoms with Gasteiger partial charge in [0.1, 0.15) is 5.78 Å². The van der Waals surface area contributed by atoms with E-state index >= 15 is 0 Å². The zero-order chi connectivity index (χ0) is 16.6. The van der Waals surface area contributed by atoms with Crippen molar-refractivity contribution in [3.8, 4) is 0 Å². The lowest BCUT2D eigenvalue weighted by Gasteiger charge is -2.60. The third-order valence-electron chi connectivity index (χ3n) is 8.05. The molecule has 4 fully saturated rings. The standard InChI is InChI=1S/C19H26Br2O2/c1-18-6-3-4-11(18)10-8-14(22)15-16(21)17(23)13(20)9-19(15,2)12(10)5-7-18/h10-13,15-16H,3-9H2,1-2H3/t10-,11+,12+,13+,15+,16-,18+,19+/m0/s1. The number of Topliss-reactive ketones (excluding diaryl/α,β-unsaturated/α-hetero) is 2. The summed E-state index contributed by atoms with van der Waals surface area (Å²) in [6.07, 6.45) is 8.08. The Labute approximate surface area is 155 Å². The van der Waals surface area contributed by atoms with Gasteiger partial charge >= 0.3 is 0 Å². The smallest absolute Gasteiger partial charge is 0.160 e. The van der Waals surface area contributed by atoms with Crippen molar-refractivity contribution in [1.29, 1.82) is 0 Å². The van der Waals surface area contributed by atoms with Crippen molar-refractivity contribution < 1.29 is 9.59 Å². The summed E-state index contributed by atoms with van der Waals surface area (Å²) in [5.74, 6) is 2.28. The van der Waals surface area contributed by atoms with Crippen molar-refractivity contribution >= 4 is 43.4 Å². The molecule has 0 aromatic rings. The molecular formula is C19H26Br2O2. The number of fused-ring (bicyclic) bond motifs is 5. The van der Waals surface area contributed by atoms with Crippen molar-refractivity contribution in [3.63, 3.8) is 0 Å². The zero-order valence-electron chi connectivity index (χ0n) is 14.0. The fraction of sp³-hybridized carbons (Fsp3) is 0.895. The molecule has 0 saturated heterocycles. The van der Waals surface area contributed by atoms with E-state index in [1.165, 1.54) is 32.1 Å². The summed E-state index contributed by atoms with van der Waals surface area (Å²) in [5.41, 5.74) is 0.441. The van der Waals surface area contributed by atoms with Gasteiger partial charge < -0.3 is 0 Å². The first-order valence-corrected chi connectivity index (χ1v) is 11.0. The predicted octanol–water partition coefficient (Wildman–Crippen LogP) is 4.91. The van der Waals surface area contributed by atoms with E-state index in [0.717, 1.165) is 12.3 Å². The van der Waals surface area contributed by atoms with Crippen LogP contribution < -0.4 is 0 Å². The molecule has 0 aliphatic heterocycles. The SMILES string of the molecule is C[C@]12CCC[C@@H]1[C@@H]1CC(=O)[C@@H]3[C@H](Br)C(=O)[C@H](Br)C[C@]3(C)[C@@H]1CC2. The molecule has 0 N–H and O–H groups in total. The van der Waals surface area contributed by atoms with Gasteiger partial charge in [0.05, 0.1) is 9.65 Å². The number of rotatable bonds is 0. The average molecular weight is 446 g/mol. The molecule has 8 atom stereocenters. The maximum Gasteiger partial charge on any atom is 0.160 e. The second kappa shape index (κ2) is 5.40. The van der Waals surface area contributed by atoms with Gasteiger partial charge in [-0.15, -0.1) is 0 Å². The minimum Gasteiger partial charge on any atom is -0.299 e. The third kappa shape index (κ3) is 2.22. The van der Waals surface area contributed by atoms with Gasteiger partial charge in [-0.1, -0.05) is 52.1 Å². The molecule has 0 aromatic heterocycles. The highest BCUT2D eigenvalue weighted by Gasteiger charge is 2.63. The molecule has 2 nitrogen and oxygen atoms in total. The molecule has 0 aromatic carbocycles. The van der Waals surface area contributed by atoms with E-state index < -0.39 is 0 Å². The Bertz CT molecular complexity index is 562. The van der Waals surface area contributed by atoms with Gasteiger partial charge in [-0.05, 0) is 60.7 Å². The van der Waals surface area contributed by atoms with Crippen molar-refractivity contribution in [2.24, 2.45) is 34.5 Å². The molecule has 0 spiro atoms. The number of halogens is 2. The van der Waals surface area contributed by atoms with Crippen LogP contribution in [-0.4, -0.2) is 21.2 Å². The van der Waals surface area contributed by atoms with Crippen LogP contribution in [0.15, 0.2) is 0 Å². The van der Waals surface area contributed by atoms with E-state index in [1.54, 1.807) is 0 Å². The van der Waals surface area contributed by atoms with Crippen molar-refractivity contribution in [1.82, 2.24) is 0 Å². The molecule has 128 valence electrons. The summed E-state index contributed by atoms with van der Waals surface area (Å²) >= 11 is 7.20. The van der Waals surface area contributed by atoms with Crippen LogP contribution in [0.2, 0.25) is 0 Å². The van der Waals surface area contributed by atoms with Gasteiger partial charge in [0, 0.05) is 12.3 Å². The van der Waals surface area contributed by atoms with Crippen LogP contribution in [0.5, 0.6) is 0 Å². The maximum atomic E-state index is 13.0. The summed E-state index contributed by atoms with van der Waals surface area (Å²) < 4.78 is 0. The molecule has 4 aliphatic carbocycles. The summed E-state index contributed by atoms with van der Waals surface area (Å²) in [6, 6.07) is 0. The van der Waals surface area contributed by atoms with Gasteiger partial charge in [-0.2, -0.15) is 0 Å². The van der Waals surface area contributed by atoms with Crippen LogP contribution in [0.4, 0.5) is 0 Å². The lowest BCUT2D eigenvalue weighted by atomic mass is 9.45. The van der Waals surface area contributed by atoms with Crippen molar-refractivity contribution in [2.45, 2.75) is 68.4 Å². The highest BCUT2D eigenvalue weighted by atomic mass is 79.9. The van der Waals surface area contributed by atoms with Crippen LogP contribution in [0.1, 0.15) is 58.8 Å². The summed E-state index contributed by atoms with van der Waals surface area (Å²) in [5, 5.41) is 0. The molecule has 0 heterocycles. The Morgan fingerprint density at radius 2 is 1.78 bits per heavy atom. The Morgan fingerprint density at radius 1 is 1.04 bits per heavy atom. The first-order valence-electron chi connectivity index (χ1n) is 9.12. The van der Waals surface area contributed by atoms with Crippen LogP contribution in [-0.2, 0) is 9.59 Å². The van der Waals surface area contributed by atoms with Crippen LogP contribution in [0.25, 0.3) is 0 Å². The second-order valence-corrected chi connectivity index (χ2v) is 11.2. The molecule has 4 saturated carbocycles. The first kappa shape index (κ1) is 16.8. The summed E-state index contributed by atoms with van der Waals surface area (Å²) in [4.78, 5) is 25.1. The van der Waals surface area contributed by atoms with Crippen LogP contribution >= 0.6 is 31.9 Å². The Kier molecular flexibility index (Phi) is 3.93. The van der Waals surface area contributed by atoms with Crippen LogP contribution in [0.3, 0.4) is 0 Å². The molecule has 4 rings (SSSR count). The molecule has 0 amide bonds. The van der Waals surface area contributed by atoms with Crippen LogP contribution in [0, 0.1) is 34.5 Å². The third-order valence-corrected chi connectivity index (χ3v) is 9.81. The van der Waals surface area contributed by atoms with E-state index in [1.807, 2.05) is 0 Å². The summed E-state index contributed by atoms with van der Waals surface area (Å²) in [7, 11) is 0. The van der Waals surface area contributed by atoms with Crippen molar-refractivity contribution in [2.75, 3.05) is 0 Å². The normalized spacial score (nSPS) is 56.0. The van der Waals surface area contributed by atoms with Gasteiger partial charge in [-0.3, -0.25) is 9.59 Å². The molecule has 4 aliphatic rings. The molecule has 0 radical (unpaired) electrons. The topological polar surface area (TPSA) is 34.1 Å². The lowest BCUT2D eigenvalue weighted by molar-refractivity contribution is -0.155. The number of alkyl halides is 2. The molecule has 0 bridgehead atoms. The minimum absolute atomic E-state index is 0.0276. The van der Waals surface area contributed by atoms with E-state index in [-0.39, 0.29) is 26.8 Å². The largest absolute Gasteiger partial charge is 0.299 e. The van der Waals surface area contributed by atoms with Gasteiger partial charge in [-0.25, -0.2) is 0 Å². The highest BCUT2D eigenvalue weighted by Crippen LogP contribution is 2.66. The number of hydrogen-bond acceptors (Lipinski definition) is 2. The zero-order valence-corrected chi connectivity index (χ0v) is 17.2. The molecule has 0 unspecified atom stereocenters. The first-order chi connectivity index (χ1) is 10.8. The summed E-state index contributed by atoms with van der Waals surface area (Å²) in [6.45, 7) is 4.77. The van der Waals surface area contributed by atoms with E-state index in [2.05, 4.69) is 45.7 Å². The molecular weight excluding hydrogens is 420 g/mol. The average Bonchev–Trinajstić information content (AvgIpc) is 2.86. The number of ketones is 2. The second-order valence-electron chi connectivity index (χ2n) is 9.09. The Morgan fingerprint density at radius 3 is 2.52 bits per heavy atom. The van der Waals surface area contributed by atoms with Gasteiger partial charge in [0.15, 0.2) is 5.78 Å². The van der Waals surface area contributed by atoms with Gasteiger partial charge in [0.2, 0.25) is 0 Å². The quantitative estimate of drug-likeness (QED) is 0.496. The predicted molar refractivity (Wildman–Crippen MR) is 97.9 cm³/mol. The van der Waals surface area contributed by atoms with Gasteiger partial charge in [0.25, 0.3) is 0 Å². The maximum absolute atomic E-state index is 13.0. The number of carbonyl (C=O) groups is 2.